The standard InChI is InChI=1S/C13H14Cl2N2O2S/c1-7(2)16-13(20)17-10-6-8(3-4-11(18)19)5-9(14)12(10)15/h3-7H,1-2H3,(H,18,19)(H2,16,17,20)/b4-3+. The summed E-state index contributed by atoms with van der Waals surface area (Å²) in [5, 5.41) is 15.6. The first-order valence-corrected chi connectivity index (χ1v) is 6.93. The number of hydrogen-bond donors (Lipinski definition) is 3. The minimum absolute atomic E-state index is 0.180. The SMILES string of the molecule is CC(C)NC(=S)Nc1cc(/C=C/C(=O)O)cc(Cl)c1Cl. The minimum Gasteiger partial charge on any atom is -0.478 e. The fraction of sp³-hybridized carbons (Fsp3) is 0.231. The van der Waals surface area contributed by atoms with E-state index < -0.39 is 5.97 Å². The largest absolute Gasteiger partial charge is 0.478 e. The molecule has 108 valence electrons. The van der Waals surface area contributed by atoms with Crippen LogP contribution in [-0.2, 0) is 4.79 Å². The Morgan fingerprint density at radius 3 is 2.60 bits per heavy atom. The molecule has 0 spiro atoms. The van der Waals surface area contributed by atoms with Gasteiger partial charge in [-0.15, -0.1) is 0 Å². The van der Waals surface area contributed by atoms with Gasteiger partial charge in [-0.05, 0) is 49.8 Å². The molecule has 0 atom stereocenters. The Hall–Kier alpha value is -1.30. The number of carboxylic acid groups (broad SMARTS) is 1. The zero-order valence-electron chi connectivity index (χ0n) is 10.9. The molecule has 20 heavy (non-hydrogen) atoms. The molecule has 1 aromatic rings. The van der Waals surface area contributed by atoms with Crippen LogP contribution in [0.1, 0.15) is 19.4 Å². The van der Waals surface area contributed by atoms with E-state index in [1.807, 2.05) is 13.8 Å². The Morgan fingerprint density at radius 2 is 2.05 bits per heavy atom. The van der Waals surface area contributed by atoms with Crippen molar-refractivity contribution in [1.82, 2.24) is 5.32 Å². The Kier molecular flexibility index (Phi) is 6.26. The van der Waals surface area contributed by atoms with Gasteiger partial charge in [-0.2, -0.15) is 0 Å². The molecule has 0 bridgehead atoms. The molecule has 0 heterocycles. The highest BCUT2D eigenvalue weighted by atomic mass is 35.5. The van der Waals surface area contributed by atoms with Gasteiger partial charge < -0.3 is 15.7 Å². The molecule has 7 heteroatoms. The van der Waals surface area contributed by atoms with Crippen molar-refractivity contribution in [3.05, 3.63) is 33.8 Å². The Labute approximate surface area is 132 Å². The lowest BCUT2D eigenvalue weighted by Crippen LogP contribution is -2.34. The van der Waals surface area contributed by atoms with Gasteiger partial charge in [0, 0.05) is 12.1 Å². The van der Waals surface area contributed by atoms with Crippen LogP contribution in [0.5, 0.6) is 0 Å². The van der Waals surface area contributed by atoms with Crippen LogP contribution in [0.15, 0.2) is 18.2 Å². The highest BCUT2D eigenvalue weighted by Gasteiger charge is 2.09. The highest BCUT2D eigenvalue weighted by molar-refractivity contribution is 7.80. The van der Waals surface area contributed by atoms with E-state index in [0.29, 0.717) is 26.4 Å². The van der Waals surface area contributed by atoms with Crippen LogP contribution >= 0.6 is 35.4 Å². The van der Waals surface area contributed by atoms with Gasteiger partial charge in [0.15, 0.2) is 5.11 Å². The van der Waals surface area contributed by atoms with Crippen molar-refractivity contribution < 1.29 is 9.90 Å². The van der Waals surface area contributed by atoms with Crippen molar-refractivity contribution >= 4 is 58.3 Å². The van der Waals surface area contributed by atoms with Crippen LogP contribution < -0.4 is 10.6 Å². The van der Waals surface area contributed by atoms with E-state index in [9.17, 15) is 4.79 Å². The third-order valence-corrected chi connectivity index (χ3v) is 3.16. The smallest absolute Gasteiger partial charge is 0.328 e. The molecule has 4 nitrogen and oxygen atoms in total. The Balaban J connectivity index is 3.00. The van der Waals surface area contributed by atoms with E-state index in [2.05, 4.69) is 10.6 Å². The number of aliphatic carboxylic acids is 1. The molecular formula is C13H14Cl2N2O2S. The zero-order valence-corrected chi connectivity index (χ0v) is 13.2. The molecule has 0 aliphatic carbocycles. The van der Waals surface area contributed by atoms with Gasteiger partial charge in [0.05, 0.1) is 15.7 Å². The van der Waals surface area contributed by atoms with Crippen molar-refractivity contribution in [3.63, 3.8) is 0 Å². The van der Waals surface area contributed by atoms with Crippen molar-refractivity contribution in [2.24, 2.45) is 0 Å². The molecule has 0 unspecified atom stereocenters. The lowest BCUT2D eigenvalue weighted by Gasteiger charge is -2.15. The number of carbonyl (C=O) groups is 1. The lowest BCUT2D eigenvalue weighted by molar-refractivity contribution is -0.131. The van der Waals surface area contributed by atoms with E-state index in [1.54, 1.807) is 12.1 Å². The van der Waals surface area contributed by atoms with Crippen molar-refractivity contribution in [2.45, 2.75) is 19.9 Å². The van der Waals surface area contributed by atoms with Gasteiger partial charge in [-0.3, -0.25) is 0 Å². The number of thiocarbonyl (C=S) groups is 1. The lowest BCUT2D eigenvalue weighted by atomic mass is 10.2. The first-order valence-electron chi connectivity index (χ1n) is 5.77. The van der Waals surface area contributed by atoms with Crippen LogP contribution in [0, 0.1) is 0 Å². The fourth-order valence-corrected chi connectivity index (χ4v) is 2.12. The van der Waals surface area contributed by atoms with Gasteiger partial charge in [0.1, 0.15) is 0 Å². The number of hydrogen-bond acceptors (Lipinski definition) is 2. The summed E-state index contributed by atoms with van der Waals surface area (Å²) >= 11 is 17.2. The maximum atomic E-state index is 10.5. The number of halogens is 2. The van der Waals surface area contributed by atoms with Gasteiger partial charge in [0.2, 0.25) is 0 Å². The van der Waals surface area contributed by atoms with E-state index in [0.717, 1.165) is 6.08 Å². The van der Waals surface area contributed by atoms with E-state index in [1.165, 1.54) is 6.08 Å². The maximum absolute atomic E-state index is 10.5. The van der Waals surface area contributed by atoms with E-state index in [-0.39, 0.29) is 6.04 Å². The van der Waals surface area contributed by atoms with Crippen LogP contribution in [0.4, 0.5) is 5.69 Å². The molecule has 1 rings (SSSR count). The molecular weight excluding hydrogens is 319 g/mol. The predicted octanol–water partition coefficient (Wildman–Crippen LogP) is 3.79. The van der Waals surface area contributed by atoms with Crippen LogP contribution in [-0.4, -0.2) is 22.2 Å². The number of rotatable bonds is 4. The molecule has 0 aromatic heterocycles. The van der Waals surface area contributed by atoms with Gasteiger partial charge >= 0.3 is 5.97 Å². The summed E-state index contributed by atoms with van der Waals surface area (Å²) < 4.78 is 0. The molecule has 0 saturated carbocycles. The number of anilines is 1. The Morgan fingerprint density at radius 1 is 1.40 bits per heavy atom. The molecule has 0 amide bonds. The van der Waals surface area contributed by atoms with Gasteiger partial charge in [0.25, 0.3) is 0 Å². The summed E-state index contributed by atoms with van der Waals surface area (Å²) in [5.74, 6) is -1.04. The molecule has 0 aliphatic heterocycles. The molecule has 0 fully saturated rings. The second kappa shape index (κ2) is 7.47. The van der Waals surface area contributed by atoms with Crippen molar-refractivity contribution in [3.8, 4) is 0 Å². The third kappa shape index (κ3) is 5.36. The molecule has 0 radical (unpaired) electrons. The molecule has 0 aliphatic rings. The number of carboxylic acids is 1. The summed E-state index contributed by atoms with van der Waals surface area (Å²) in [6.07, 6.45) is 2.45. The number of benzene rings is 1. The second-order valence-corrected chi connectivity index (χ2v) is 5.48. The topological polar surface area (TPSA) is 61.4 Å². The van der Waals surface area contributed by atoms with Crippen LogP contribution in [0.2, 0.25) is 10.0 Å². The fourth-order valence-electron chi connectivity index (χ4n) is 1.39. The molecule has 0 saturated heterocycles. The first-order chi connectivity index (χ1) is 9.29. The van der Waals surface area contributed by atoms with Crippen LogP contribution in [0.3, 0.4) is 0 Å². The minimum atomic E-state index is -1.04. The average Bonchev–Trinajstić information content (AvgIpc) is 2.31. The highest BCUT2D eigenvalue weighted by Crippen LogP contribution is 2.32. The Bertz CT molecular complexity index is 560. The third-order valence-electron chi connectivity index (χ3n) is 2.14. The van der Waals surface area contributed by atoms with E-state index >= 15 is 0 Å². The van der Waals surface area contributed by atoms with Crippen LogP contribution in [0.25, 0.3) is 6.08 Å². The summed E-state index contributed by atoms with van der Waals surface area (Å²) in [6, 6.07) is 3.43. The monoisotopic (exact) mass is 332 g/mol. The normalized spacial score (nSPS) is 10.8. The summed E-state index contributed by atoms with van der Waals surface area (Å²) in [7, 11) is 0. The van der Waals surface area contributed by atoms with E-state index in [4.69, 9.17) is 40.5 Å². The van der Waals surface area contributed by atoms with Crippen molar-refractivity contribution in [2.75, 3.05) is 5.32 Å². The van der Waals surface area contributed by atoms with Gasteiger partial charge in [-0.25, -0.2) is 4.79 Å². The summed E-state index contributed by atoms with van der Waals surface area (Å²) in [6.45, 7) is 3.91. The summed E-state index contributed by atoms with van der Waals surface area (Å²) in [5.41, 5.74) is 1.12. The van der Waals surface area contributed by atoms with Gasteiger partial charge in [-0.1, -0.05) is 23.2 Å². The molecule has 3 N–H and O–H groups in total. The maximum Gasteiger partial charge on any atom is 0.328 e. The molecule has 1 aromatic carbocycles. The zero-order chi connectivity index (χ0) is 15.3. The van der Waals surface area contributed by atoms with Crippen molar-refractivity contribution in [1.29, 1.82) is 0 Å². The number of nitrogens with one attached hydrogen (secondary N) is 2. The first kappa shape index (κ1) is 16.8. The quantitative estimate of drug-likeness (QED) is 0.578. The average molecular weight is 333 g/mol. The predicted molar refractivity (Wildman–Crippen MR) is 87.6 cm³/mol. The summed E-state index contributed by atoms with van der Waals surface area (Å²) in [4.78, 5) is 10.5. The second-order valence-electron chi connectivity index (χ2n) is 4.29.